The zero-order valence-electron chi connectivity index (χ0n) is 8.83. The fourth-order valence-electron chi connectivity index (χ4n) is 0.466. The van der Waals surface area contributed by atoms with Crippen molar-refractivity contribution in [3.63, 3.8) is 0 Å². The van der Waals surface area contributed by atoms with Crippen LogP contribution in [0.15, 0.2) is 12.3 Å². The molecule has 4 heteroatoms. The molecule has 0 spiro atoms. The predicted molar refractivity (Wildman–Crippen MR) is 54.3 cm³/mol. The first-order valence-corrected chi connectivity index (χ1v) is 4.48. The van der Waals surface area contributed by atoms with E-state index in [9.17, 15) is 4.79 Å². The Kier molecular flexibility index (Phi) is 11.9. The summed E-state index contributed by atoms with van der Waals surface area (Å²) < 4.78 is 4.77. The molecule has 0 bridgehead atoms. The molecule has 4 nitrogen and oxygen atoms in total. The molecule has 0 aromatic rings. The number of amides is 1. The number of carbonyl (C=O) groups is 1. The van der Waals surface area contributed by atoms with Gasteiger partial charge >= 0.3 is 6.09 Å². The molecule has 3 N–H and O–H groups in total. The summed E-state index contributed by atoms with van der Waals surface area (Å²) in [7, 11) is 0. The summed E-state index contributed by atoms with van der Waals surface area (Å²) in [6.45, 7) is 7.98. The Morgan fingerprint density at radius 3 is 2.46 bits per heavy atom. The van der Waals surface area contributed by atoms with Crippen LogP contribution in [-0.4, -0.2) is 18.7 Å². The lowest BCUT2D eigenvalue weighted by molar-refractivity contribution is 0.116. The van der Waals surface area contributed by atoms with Gasteiger partial charge in [0.05, 0.1) is 6.10 Å². The quantitative estimate of drug-likeness (QED) is 0.707. The Morgan fingerprint density at radius 1 is 1.54 bits per heavy atom. The summed E-state index contributed by atoms with van der Waals surface area (Å²) in [5.74, 6) is 0. The van der Waals surface area contributed by atoms with E-state index in [0.717, 1.165) is 0 Å². The van der Waals surface area contributed by atoms with Gasteiger partial charge in [-0.3, -0.25) is 0 Å². The molecule has 0 unspecified atom stereocenters. The minimum atomic E-state index is -0.418. The average Bonchev–Trinajstić information content (AvgIpc) is 2.07. The van der Waals surface area contributed by atoms with E-state index in [-0.39, 0.29) is 6.10 Å². The average molecular weight is 188 g/mol. The topological polar surface area (TPSA) is 64.3 Å². The molecule has 0 saturated carbocycles. The number of rotatable bonds is 3. The maximum absolute atomic E-state index is 10.7. The Balaban J connectivity index is 0. The maximum Gasteiger partial charge on any atom is 0.407 e. The molecule has 0 aliphatic rings. The van der Waals surface area contributed by atoms with Crippen LogP contribution in [0, 0.1) is 0 Å². The van der Waals surface area contributed by atoms with E-state index < -0.39 is 6.09 Å². The zero-order chi connectivity index (χ0) is 10.7. The minimum Gasteiger partial charge on any atom is -0.447 e. The fraction of sp³-hybridized carbons (Fsp3) is 0.667. The van der Waals surface area contributed by atoms with Crippen LogP contribution in [0.25, 0.3) is 0 Å². The van der Waals surface area contributed by atoms with Crippen molar-refractivity contribution in [2.24, 2.45) is 5.73 Å². The van der Waals surface area contributed by atoms with Gasteiger partial charge in [0.15, 0.2) is 0 Å². The largest absolute Gasteiger partial charge is 0.447 e. The van der Waals surface area contributed by atoms with E-state index in [1.54, 1.807) is 19.9 Å². The highest BCUT2D eigenvalue weighted by Crippen LogP contribution is 1.87. The summed E-state index contributed by atoms with van der Waals surface area (Å²) >= 11 is 0. The Morgan fingerprint density at radius 2 is 2.08 bits per heavy atom. The van der Waals surface area contributed by atoms with E-state index in [1.807, 2.05) is 13.8 Å². The van der Waals surface area contributed by atoms with E-state index >= 15 is 0 Å². The molecule has 0 aliphatic carbocycles. The minimum absolute atomic E-state index is 0.0862. The lowest BCUT2D eigenvalue weighted by Crippen LogP contribution is -2.26. The second-order valence-electron chi connectivity index (χ2n) is 2.26. The second kappa shape index (κ2) is 10.8. The van der Waals surface area contributed by atoms with Gasteiger partial charge in [-0.25, -0.2) is 4.79 Å². The van der Waals surface area contributed by atoms with Gasteiger partial charge in [-0.1, -0.05) is 13.8 Å². The van der Waals surface area contributed by atoms with Crippen molar-refractivity contribution < 1.29 is 9.53 Å². The van der Waals surface area contributed by atoms with Gasteiger partial charge in [-0.2, -0.15) is 0 Å². The molecule has 0 saturated heterocycles. The molecule has 0 fully saturated rings. The molecule has 13 heavy (non-hydrogen) atoms. The summed E-state index contributed by atoms with van der Waals surface area (Å²) in [4.78, 5) is 10.7. The highest BCUT2D eigenvalue weighted by atomic mass is 16.6. The van der Waals surface area contributed by atoms with E-state index in [2.05, 4.69) is 5.32 Å². The van der Waals surface area contributed by atoms with Gasteiger partial charge in [-0.15, -0.1) is 0 Å². The van der Waals surface area contributed by atoms with Crippen LogP contribution >= 0.6 is 0 Å². The number of hydrogen-bond donors (Lipinski definition) is 2. The van der Waals surface area contributed by atoms with Crippen molar-refractivity contribution >= 4 is 6.09 Å². The van der Waals surface area contributed by atoms with Crippen molar-refractivity contribution in [1.29, 1.82) is 0 Å². The van der Waals surface area contributed by atoms with Gasteiger partial charge < -0.3 is 15.8 Å². The van der Waals surface area contributed by atoms with E-state index in [0.29, 0.717) is 6.54 Å². The molecular weight excluding hydrogens is 168 g/mol. The van der Waals surface area contributed by atoms with Crippen LogP contribution in [0.3, 0.4) is 0 Å². The predicted octanol–water partition coefficient (Wildman–Crippen LogP) is 1.62. The van der Waals surface area contributed by atoms with Gasteiger partial charge in [0.1, 0.15) is 0 Å². The third-order valence-corrected chi connectivity index (χ3v) is 0.843. The van der Waals surface area contributed by atoms with Crippen LogP contribution in [-0.2, 0) is 4.74 Å². The Bertz CT molecular complexity index is 145. The molecule has 0 aromatic heterocycles. The molecule has 0 aromatic carbocycles. The SMILES string of the molecule is CC.CC(C)OC(=O)NC/C=C/N. The number of nitrogens with two attached hydrogens (primary N) is 1. The van der Waals surface area contributed by atoms with Gasteiger partial charge in [0.2, 0.25) is 0 Å². The highest BCUT2D eigenvalue weighted by molar-refractivity contribution is 5.67. The number of carbonyl (C=O) groups excluding carboxylic acids is 1. The monoisotopic (exact) mass is 188 g/mol. The first-order chi connectivity index (χ1) is 6.16. The molecule has 0 radical (unpaired) electrons. The number of alkyl carbamates (subject to hydrolysis) is 1. The standard InChI is InChI=1S/C7H14N2O2.C2H6/c1-6(2)11-7(10)9-5-3-4-8;1-2/h3-4,6H,5,8H2,1-2H3,(H,9,10);1-2H3/b4-3+;. The van der Waals surface area contributed by atoms with Gasteiger partial charge in [-0.05, 0) is 26.1 Å². The Labute approximate surface area is 80.1 Å². The summed E-state index contributed by atoms with van der Waals surface area (Å²) in [6, 6.07) is 0. The summed E-state index contributed by atoms with van der Waals surface area (Å²) in [6.07, 6.45) is 2.49. The second-order valence-corrected chi connectivity index (χ2v) is 2.26. The van der Waals surface area contributed by atoms with Crippen molar-refractivity contribution in [3.05, 3.63) is 12.3 Å². The molecule has 1 amide bonds. The third kappa shape index (κ3) is 13.8. The maximum atomic E-state index is 10.7. The van der Waals surface area contributed by atoms with Crippen LogP contribution in [0.1, 0.15) is 27.7 Å². The first-order valence-electron chi connectivity index (χ1n) is 4.48. The van der Waals surface area contributed by atoms with Gasteiger partial charge in [0.25, 0.3) is 0 Å². The number of ether oxygens (including phenoxy) is 1. The number of nitrogens with one attached hydrogen (secondary N) is 1. The van der Waals surface area contributed by atoms with Crippen LogP contribution in [0.4, 0.5) is 4.79 Å². The zero-order valence-corrected chi connectivity index (χ0v) is 8.83. The Hall–Kier alpha value is -1.19. The molecule has 0 atom stereocenters. The lowest BCUT2D eigenvalue weighted by atomic mass is 10.5. The molecule has 0 aliphatic heterocycles. The van der Waals surface area contributed by atoms with Crippen molar-refractivity contribution in [2.45, 2.75) is 33.8 Å². The number of hydrogen-bond acceptors (Lipinski definition) is 3. The normalized spacial score (nSPS) is 9.31. The highest BCUT2D eigenvalue weighted by Gasteiger charge is 2.00. The van der Waals surface area contributed by atoms with Gasteiger partial charge in [0, 0.05) is 6.54 Å². The van der Waals surface area contributed by atoms with Crippen LogP contribution in [0.2, 0.25) is 0 Å². The third-order valence-electron chi connectivity index (χ3n) is 0.843. The van der Waals surface area contributed by atoms with E-state index in [1.165, 1.54) is 6.20 Å². The molecule has 0 heterocycles. The van der Waals surface area contributed by atoms with Crippen molar-refractivity contribution in [2.75, 3.05) is 6.54 Å². The van der Waals surface area contributed by atoms with E-state index in [4.69, 9.17) is 10.5 Å². The first kappa shape index (κ1) is 14.3. The molecule has 0 rings (SSSR count). The van der Waals surface area contributed by atoms with Crippen LogP contribution in [0.5, 0.6) is 0 Å². The summed E-state index contributed by atoms with van der Waals surface area (Å²) in [5, 5.41) is 2.49. The summed E-state index contributed by atoms with van der Waals surface area (Å²) in [5.41, 5.74) is 5.04. The smallest absolute Gasteiger partial charge is 0.407 e. The van der Waals surface area contributed by atoms with Crippen molar-refractivity contribution in [3.8, 4) is 0 Å². The lowest BCUT2D eigenvalue weighted by Gasteiger charge is -2.07. The molecular formula is C9H20N2O2. The van der Waals surface area contributed by atoms with Crippen molar-refractivity contribution in [1.82, 2.24) is 5.32 Å². The fourth-order valence-corrected chi connectivity index (χ4v) is 0.466. The van der Waals surface area contributed by atoms with Crippen LogP contribution < -0.4 is 11.1 Å². The molecule has 78 valence electrons.